The van der Waals surface area contributed by atoms with E-state index in [4.69, 9.17) is 23.7 Å². The van der Waals surface area contributed by atoms with E-state index in [1.807, 2.05) is 6.92 Å². The van der Waals surface area contributed by atoms with Crippen molar-refractivity contribution in [3.63, 3.8) is 0 Å². The van der Waals surface area contributed by atoms with Crippen LogP contribution in [0.5, 0.6) is 0 Å². The molecule has 8 nitrogen and oxygen atoms in total. The zero-order valence-corrected chi connectivity index (χ0v) is 14.8. The molecule has 0 saturated carbocycles. The van der Waals surface area contributed by atoms with Crippen LogP contribution in [0.3, 0.4) is 0 Å². The number of carbonyl (C=O) groups is 3. The fraction of sp³-hybridized carbons (Fsp3) is 0.812. The highest BCUT2D eigenvalue weighted by Gasteiger charge is 2.51. The van der Waals surface area contributed by atoms with Crippen LogP contribution in [0.15, 0.2) is 0 Å². The molecule has 0 unspecified atom stereocenters. The van der Waals surface area contributed by atoms with Crippen molar-refractivity contribution >= 4 is 17.9 Å². The van der Waals surface area contributed by atoms with E-state index in [0.717, 1.165) is 12.8 Å². The molecule has 0 amide bonds. The first-order valence-electron chi connectivity index (χ1n) is 8.00. The molecule has 24 heavy (non-hydrogen) atoms. The van der Waals surface area contributed by atoms with Gasteiger partial charge in [0.15, 0.2) is 24.6 Å². The monoisotopic (exact) mass is 346 g/mol. The summed E-state index contributed by atoms with van der Waals surface area (Å²) in [6.45, 7) is 5.73. The second-order valence-corrected chi connectivity index (χ2v) is 5.64. The molecule has 5 atom stereocenters. The first-order chi connectivity index (χ1) is 11.3. The third-order valence-electron chi connectivity index (χ3n) is 3.57. The van der Waals surface area contributed by atoms with E-state index in [1.54, 1.807) is 0 Å². The van der Waals surface area contributed by atoms with Gasteiger partial charge in [0.25, 0.3) is 0 Å². The number of hydrogen-bond acceptors (Lipinski definition) is 8. The molecule has 1 rings (SSSR count). The van der Waals surface area contributed by atoms with E-state index in [1.165, 1.54) is 27.9 Å². The molecule has 0 aliphatic carbocycles. The molecule has 8 heteroatoms. The summed E-state index contributed by atoms with van der Waals surface area (Å²) in [5.74, 6) is -1.71. The van der Waals surface area contributed by atoms with Crippen LogP contribution in [0.1, 0.15) is 47.0 Å². The molecule has 1 aliphatic rings. The maximum Gasteiger partial charge on any atom is 0.303 e. The Morgan fingerprint density at radius 1 is 0.875 bits per heavy atom. The Morgan fingerprint density at radius 3 is 1.83 bits per heavy atom. The van der Waals surface area contributed by atoms with Crippen LogP contribution in [0, 0.1) is 0 Å². The highest BCUT2D eigenvalue weighted by molar-refractivity contribution is 5.68. The van der Waals surface area contributed by atoms with Crippen molar-refractivity contribution in [1.29, 1.82) is 0 Å². The lowest BCUT2D eigenvalue weighted by molar-refractivity contribution is -0.299. The molecule has 1 fully saturated rings. The third kappa shape index (κ3) is 5.76. The minimum atomic E-state index is -1.03. The molecular weight excluding hydrogens is 320 g/mol. The van der Waals surface area contributed by atoms with Gasteiger partial charge in [0, 0.05) is 27.9 Å². The van der Waals surface area contributed by atoms with Crippen molar-refractivity contribution < 1.29 is 38.1 Å². The van der Waals surface area contributed by atoms with E-state index in [-0.39, 0.29) is 0 Å². The van der Waals surface area contributed by atoms with Crippen molar-refractivity contribution in [2.75, 3.05) is 7.11 Å². The summed E-state index contributed by atoms with van der Waals surface area (Å²) in [6, 6.07) is 0. The summed E-state index contributed by atoms with van der Waals surface area (Å²) in [7, 11) is 1.40. The van der Waals surface area contributed by atoms with Crippen LogP contribution in [0.25, 0.3) is 0 Å². The topological polar surface area (TPSA) is 97.4 Å². The predicted molar refractivity (Wildman–Crippen MR) is 81.9 cm³/mol. The predicted octanol–water partition coefficient (Wildman–Crippen LogP) is 1.34. The SMILES string of the molecule is CCCC[C@@H]1O[C@@H](OC)[C@H](OC(C)=O)[C@@H](OC(C)=O)[C@H]1OC(C)=O. The summed E-state index contributed by atoms with van der Waals surface area (Å²) in [6.07, 6.45) is -2.05. The quantitative estimate of drug-likeness (QED) is 0.503. The van der Waals surface area contributed by atoms with Gasteiger partial charge in [-0.3, -0.25) is 14.4 Å². The van der Waals surface area contributed by atoms with Gasteiger partial charge in [-0.1, -0.05) is 19.8 Å². The summed E-state index contributed by atoms with van der Waals surface area (Å²) in [5, 5.41) is 0. The normalized spacial score (nSPS) is 29.6. The molecular formula is C16H26O8. The highest BCUT2D eigenvalue weighted by atomic mass is 16.7. The van der Waals surface area contributed by atoms with Crippen LogP contribution in [0.4, 0.5) is 0 Å². The second-order valence-electron chi connectivity index (χ2n) is 5.64. The smallest absolute Gasteiger partial charge is 0.303 e. The van der Waals surface area contributed by atoms with Crippen molar-refractivity contribution in [3.05, 3.63) is 0 Å². The minimum Gasteiger partial charge on any atom is -0.456 e. The van der Waals surface area contributed by atoms with E-state index in [9.17, 15) is 14.4 Å². The molecule has 0 bridgehead atoms. The van der Waals surface area contributed by atoms with Crippen LogP contribution in [0.2, 0.25) is 0 Å². The highest BCUT2D eigenvalue weighted by Crippen LogP contribution is 2.31. The second kappa shape index (κ2) is 9.58. The summed E-state index contributed by atoms with van der Waals surface area (Å²) in [4.78, 5) is 34.4. The Hall–Kier alpha value is -1.67. The lowest BCUT2D eigenvalue weighted by Crippen LogP contribution is -2.61. The Labute approximate surface area is 141 Å². The molecule has 138 valence electrons. The number of esters is 3. The van der Waals surface area contributed by atoms with Gasteiger partial charge >= 0.3 is 17.9 Å². The van der Waals surface area contributed by atoms with Gasteiger partial charge < -0.3 is 23.7 Å². The van der Waals surface area contributed by atoms with Crippen molar-refractivity contribution in [3.8, 4) is 0 Å². The number of unbranched alkanes of at least 4 members (excludes halogenated alkanes) is 1. The van der Waals surface area contributed by atoms with Gasteiger partial charge in [-0.15, -0.1) is 0 Å². The first-order valence-corrected chi connectivity index (χ1v) is 8.00. The lowest BCUT2D eigenvalue weighted by atomic mass is 9.94. The fourth-order valence-electron chi connectivity index (χ4n) is 2.68. The molecule has 1 aliphatic heterocycles. The summed E-state index contributed by atoms with van der Waals surface area (Å²) >= 11 is 0. The van der Waals surface area contributed by atoms with Gasteiger partial charge in [0.1, 0.15) is 6.10 Å². The Bertz CT molecular complexity index is 449. The molecule has 0 spiro atoms. The zero-order chi connectivity index (χ0) is 18.3. The largest absolute Gasteiger partial charge is 0.456 e. The van der Waals surface area contributed by atoms with Crippen LogP contribution < -0.4 is 0 Å². The molecule has 0 aromatic carbocycles. The molecule has 0 radical (unpaired) electrons. The molecule has 0 aromatic rings. The average molecular weight is 346 g/mol. The van der Waals surface area contributed by atoms with Crippen molar-refractivity contribution in [1.82, 2.24) is 0 Å². The molecule has 0 N–H and O–H groups in total. The summed E-state index contributed by atoms with van der Waals surface area (Å²) in [5.41, 5.74) is 0. The standard InChI is InChI=1S/C16H26O8/c1-6-7-8-12-13(21-9(2)17)14(22-10(3)18)15(23-11(4)19)16(20-5)24-12/h12-16H,6-8H2,1-5H3/t12-,13-,14-,15+,16+/m0/s1. The Morgan fingerprint density at radius 2 is 1.38 bits per heavy atom. The van der Waals surface area contributed by atoms with Gasteiger partial charge in [0.05, 0.1) is 0 Å². The van der Waals surface area contributed by atoms with Crippen LogP contribution in [-0.4, -0.2) is 55.7 Å². The maximum absolute atomic E-state index is 11.5. The number of rotatable bonds is 7. The molecule has 0 aromatic heterocycles. The van der Waals surface area contributed by atoms with E-state index >= 15 is 0 Å². The first kappa shape index (κ1) is 20.4. The number of carbonyl (C=O) groups excluding carboxylic acids is 3. The van der Waals surface area contributed by atoms with Gasteiger partial charge in [-0.2, -0.15) is 0 Å². The van der Waals surface area contributed by atoms with Crippen LogP contribution >= 0.6 is 0 Å². The minimum absolute atomic E-state index is 0.532. The third-order valence-corrected chi connectivity index (χ3v) is 3.57. The van der Waals surface area contributed by atoms with Gasteiger partial charge in [0.2, 0.25) is 0 Å². The van der Waals surface area contributed by atoms with E-state index in [0.29, 0.717) is 6.42 Å². The fourth-order valence-corrected chi connectivity index (χ4v) is 2.68. The van der Waals surface area contributed by atoms with Gasteiger partial charge in [-0.05, 0) is 6.42 Å². The Kier molecular flexibility index (Phi) is 8.14. The lowest BCUT2D eigenvalue weighted by Gasteiger charge is -2.44. The van der Waals surface area contributed by atoms with Gasteiger partial charge in [-0.25, -0.2) is 0 Å². The number of methoxy groups -OCH3 is 1. The Balaban J connectivity index is 3.15. The number of hydrogen-bond donors (Lipinski definition) is 0. The zero-order valence-electron chi connectivity index (χ0n) is 14.8. The van der Waals surface area contributed by atoms with Crippen molar-refractivity contribution in [2.24, 2.45) is 0 Å². The van der Waals surface area contributed by atoms with Crippen LogP contribution in [-0.2, 0) is 38.1 Å². The average Bonchev–Trinajstić information content (AvgIpc) is 2.48. The summed E-state index contributed by atoms with van der Waals surface area (Å²) < 4.78 is 26.9. The maximum atomic E-state index is 11.5. The molecule has 1 saturated heterocycles. The van der Waals surface area contributed by atoms with E-state index < -0.39 is 48.6 Å². The van der Waals surface area contributed by atoms with Crippen molar-refractivity contribution in [2.45, 2.75) is 77.7 Å². The molecule has 1 heterocycles. The van der Waals surface area contributed by atoms with E-state index in [2.05, 4.69) is 0 Å². The number of ether oxygens (including phenoxy) is 5.